The molecule has 8 aromatic rings. The van der Waals surface area contributed by atoms with E-state index in [4.69, 9.17) is 17.3 Å². The number of fused-ring (bicyclic) bond motifs is 1. The number of phenolic OH excluding ortho intramolecular Hbond substituents is 1. The fraction of sp³-hybridized carbons (Fsp3) is 0.250. The van der Waals surface area contributed by atoms with Crippen LogP contribution in [0.1, 0.15) is 108 Å². The normalized spacial score (nSPS) is 14.9. The lowest BCUT2D eigenvalue weighted by Gasteiger charge is -2.22. The van der Waals surface area contributed by atoms with Crippen molar-refractivity contribution >= 4 is 11.0 Å². The van der Waals surface area contributed by atoms with Crippen molar-refractivity contribution in [3.05, 3.63) is 167 Å². The number of aromatic hydroxyl groups is 1. The summed E-state index contributed by atoms with van der Waals surface area (Å²) in [4.78, 5) is 10.0. The average molecular weight is 798 g/mol. The molecule has 0 amide bonds. The van der Waals surface area contributed by atoms with Crippen molar-refractivity contribution in [2.24, 2.45) is 0 Å². The summed E-state index contributed by atoms with van der Waals surface area (Å²) in [6, 6.07) is 26.8. The Bertz CT molecular complexity index is 3380. The predicted octanol–water partition coefficient (Wildman–Crippen LogP) is 15.1. The zero-order chi connectivity index (χ0) is 51.3. The summed E-state index contributed by atoms with van der Waals surface area (Å²) >= 11 is 0. The fourth-order valence-corrected chi connectivity index (χ4v) is 7.73. The Balaban J connectivity index is 1.43. The summed E-state index contributed by atoms with van der Waals surface area (Å²) in [5, 5.41) is 11.9. The zero-order valence-corrected chi connectivity index (χ0v) is 36.0. The molecule has 0 fully saturated rings. The molecule has 0 atom stereocenters. The van der Waals surface area contributed by atoms with Crippen LogP contribution in [0.2, 0.25) is 0 Å². The van der Waals surface area contributed by atoms with E-state index in [1.807, 2.05) is 82.3 Å². The lowest BCUT2D eigenvalue weighted by atomic mass is 9.83. The predicted molar refractivity (Wildman–Crippen MR) is 253 cm³/mol. The molecule has 2 heterocycles. The molecule has 0 aliphatic rings. The van der Waals surface area contributed by atoms with E-state index in [0.29, 0.717) is 28.0 Å². The third-order valence-corrected chi connectivity index (χ3v) is 11.2. The summed E-state index contributed by atoms with van der Waals surface area (Å²) < 4.78 is 88.1. The molecule has 2 aromatic heterocycles. The highest BCUT2D eigenvalue weighted by molar-refractivity contribution is 5.98. The van der Waals surface area contributed by atoms with E-state index in [2.05, 4.69) is 87.5 Å². The number of phenols is 1. The van der Waals surface area contributed by atoms with Crippen LogP contribution in [-0.4, -0.2) is 19.6 Å². The Morgan fingerprint density at radius 1 is 0.667 bits per heavy atom. The first-order chi connectivity index (χ1) is 32.5. The molecule has 8 rings (SSSR count). The second kappa shape index (κ2) is 15.4. The number of pyridine rings is 1. The number of hydrogen-bond acceptors (Lipinski definition) is 3. The minimum absolute atomic E-state index is 0.0718. The van der Waals surface area contributed by atoms with Gasteiger partial charge in [0.05, 0.1) is 36.2 Å². The van der Waals surface area contributed by atoms with Gasteiger partial charge in [-0.05, 0) is 136 Å². The van der Waals surface area contributed by atoms with Crippen molar-refractivity contribution in [2.45, 2.75) is 92.8 Å². The highest BCUT2D eigenvalue weighted by Crippen LogP contribution is 2.43. The third-order valence-electron chi connectivity index (χ3n) is 11.2. The summed E-state index contributed by atoms with van der Waals surface area (Å²) in [5.74, 6) is -0.312. The van der Waals surface area contributed by atoms with E-state index >= 15 is 0 Å². The van der Waals surface area contributed by atoms with Gasteiger partial charge in [0.15, 0.2) is 0 Å². The molecule has 6 aromatic carbocycles. The van der Waals surface area contributed by atoms with Gasteiger partial charge in [-0.15, -0.1) is 0 Å². The lowest BCUT2D eigenvalue weighted by Crippen LogP contribution is -2.11. The topological polar surface area (TPSA) is 50.9 Å². The number of aromatic nitrogens is 3. The molecule has 0 saturated carbocycles. The van der Waals surface area contributed by atoms with Gasteiger partial charge < -0.3 is 5.11 Å². The third kappa shape index (κ3) is 7.79. The van der Waals surface area contributed by atoms with Crippen molar-refractivity contribution < 1.29 is 18.8 Å². The van der Waals surface area contributed by atoms with Gasteiger partial charge in [-0.3, -0.25) is 9.55 Å². The maximum absolute atomic E-state index is 11.9. The van der Waals surface area contributed by atoms with Crippen molar-refractivity contribution in [1.82, 2.24) is 14.5 Å². The van der Waals surface area contributed by atoms with Crippen LogP contribution in [0, 0.1) is 20.7 Å². The first kappa shape index (κ1) is 29.9. The average Bonchev–Trinajstić information content (AvgIpc) is 3.66. The first-order valence-electron chi connectivity index (χ1n) is 25.3. The van der Waals surface area contributed by atoms with Crippen LogP contribution in [-0.2, 0) is 10.8 Å². The first-order valence-corrected chi connectivity index (χ1v) is 20.3. The molecular weight excluding hydrogens is 731 g/mol. The van der Waals surface area contributed by atoms with Crippen LogP contribution in [0.25, 0.3) is 72.7 Å². The number of nitrogens with zero attached hydrogens (tertiary/aromatic N) is 3. The Hall–Kier alpha value is -6.26. The SMILES string of the molecule is [2H]c1cnc(-c2cc(-c3cccc4c3nc(-c3cc(C)cc(C)c3O)n4-c3ccc(C([2H])(C)C)cc3-c3ccc(C(C)(C)C)cc3)cc(C(C)(C)C)c2)c([2H])c1-c1c([2H])c([2H])c(C([2H])([2H])[2H])c([2H])c1[2H]. The van der Waals surface area contributed by atoms with Crippen molar-refractivity contribution in [3.63, 3.8) is 0 Å². The van der Waals surface area contributed by atoms with Gasteiger partial charge in [0.2, 0.25) is 0 Å². The highest BCUT2D eigenvalue weighted by atomic mass is 16.3. The molecule has 60 heavy (non-hydrogen) atoms. The van der Waals surface area contributed by atoms with Crippen LogP contribution in [0.3, 0.4) is 0 Å². The smallest absolute Gasteiger partial charge is 0.149 e. The number of rotatable bonds is 7. The Morgan fingerprint density at radius 3 is 2.07 bits per heavy atom. The number of hydrogen-bond donors (Lipinski definition) is 1. The molecule has 4 heteroatoms. The van der Waals surface area contributed by atoms with Crippen LogP contribution in [0.4, 0.5) is 0 Å². The minimum atomic E-state index is -2.93. The van der Waals surface area contributed by atoms with Gasteiger partial charge in [0.1, 0.15) is 11.6 Å². The van der Waals surface area contributed by atoms with Gasteiger partial charge >= 0.3 is 0 Å². The van der Waals surface area contributed by atoms with E-state index in [1.54, 1.807) is 0 Å². The van der Waals surface area contributed by atoms with Gasteiger partial charge in [-0.2, -0.15) is 0 Å². The van der Waals surface area contributed by atoms with Gasteiger partial charge in [0.25, 0.3) is 0 Å². The highest BCUT2D eigenvalue weighted by Gasteiger charge is 2.25. The van der Waals surface area contributed by atoms with Crippen LogP contribution in [0.5, 0.6) is 5.75 Å². The molecule has 0 unspecified atom stereocenters. The number of imidazole rings is 1. The van der Waals surface area contributed by atoms with Crippen LogP contribution >= 0.6 is 0 Å². The van der Waals surface area contributed by atoms with Gasteiger partial charge in [-0.1, -0.05) is 140 Å². The molecule has 0 radical (unpaired) electrons. The monoisotopic (exact) mass is 798 g/mol. The van der Waals surface area contributed by atoms with Gasteiger partial charge in [0, 0.05) is 28.4 Å². The summed E-state index contributed by atoms with van der Waals surface area (Å²) in [6.07, 6.45) is 1.21. The Morgan fingerprint density at radius 2 is 1.38 bits per heavy atom. The van der Waals surface area contributed by atoms with Crippen LogP contribution in [0.15, 0.2) is 133 Å². The Labute approximate surface area is 370 Å². The second-order valence-electron chi connectivity index (χ2n) is 18.0. The molecule has 0 bridgehead atoms. The second-order valence-corrected chi connectivity index (χ2v) is 18.0. The molecular formula is C56H57N3O. The maximum Gasteiger partial charge on any atom is 0.149 e. The maximum atomic E-state index is 11.9. The van der Waals surface area contributed by atoms with Crippen molar-refractivity contribution in [1.29, 1.82) is 0 Å². The summed E-state index contributed by atoms with van der Waals surface area (Å²) in [5.41, 5.74) is 9.30. The lowest BCUT2D eigenvalue weighted by molar-refractivity contribution is 0.472. The number of para-hydroxylation sites is 1. The standard InChI is InChI=1S/C56H57N3O/c1-34(2)40-21-24-50(47(32-40)39-19-22-44(23-20-39)55(6,7)8)59-51-14-12-13-46(52(51)58-54(59)48-28-36(4)27-37(5)53(48)60)42-29-43(31-45(30-42)56(9,10)11)49-33-41(25-26-57-49)38-17-15-35(3)16-18-38/h12-34,60H,1-11H3/i3D3,15D,16D,17D,18D,25D,33D,34D. The minimum Gasteiger partial charge on any atom is -0.507 e. The zero-order valence-electron chi connectivity index (χ0n) is 46.0. The van der Waals surface area contributed by atoms with Gasteiger partial charge in [-0.25, -0.2) is 4.98 Å². The Kier molecular flexibility index (Phi) is 7.67. The quantitative estimate of drug-likeness (QED) is 0.175. The molecule has 0 saturated heterocycles. The van der Waals surface area contributed by atoms with E-state index in [0.717, 1.165) is 50.1 Å². The van der Waals surface area contributed by atoms with E-state index < -0.39 is 47.9 Å². The molecule has 302 valence electrons. The summed E-state index contributed by atoms with van der Waals surface area (Å²) in [6.45, 7) is 17.4. The van der Waals surface area contributed by atoms with Crippen LogP contribution < -0.4 is 0 Å². The molecule has 0 aliphatic heterocycles. The largest absolute Gasteiger partial charge is 0.507 e. The summed E-state index contributed by atoms with van der Waals surface area (Å²) in [7, 11) is 0. The molecule has 1 N–H and O–H groups in total. The molecule has 4 nitrogen and oxygen atoms in total. The van der Waals surface area contributed by atoms with E-state index in [1.165, 1.54) is 11.8 Å². The molecule has 0 spiro atoms. The molecule has 0 aliphatic carbocycles. The van der Waals surface area contributed by atoms with E-state index in [9.17, 15) is 6.48 Å². The van der Waals surface area contributed by atoms with Crippen molar-refractivity contribution in [3.8, 4) is 67.5 Å². The van der Waals surface area contributed by atoms with E-state index in [-0.39, 0.29) is 40.1 Å². The van der Waals surface area contributed by atoms with Crippen molar-refractivity contribution in [2.75, 3.05) is 0 Å². The number of aryl methyl sites for hydroxylation is 2. The number of benzene rings is 6. The fourth-order valence-electron chi connectivity index (χ4n) is 7.73.